The number of benzene rings is 2. The molecular formula is C22H31ClN2O. The Hall–Kier alpha value is -1.39. The molecule has 0 aliphatic heterocycles. The molecule has 0 aliphatic carbocycles. The third kappa shape index (κ3) is 6.40. The minimum Gasteiger partial charge on any atom is -0.394 e. The van der Waals surface area contributed by atoms with E-state index in [1.54, 1.807) is 0 Å². The van der Waals surface area contributed by atoms with Crippen LogP contribution in [-0.4, -0.2) is 29.3 Å². The monoisotopic (exact) mass is 374 g/mol. The van der Waals surface area contributed by atoms with Gasteiger partial charge in [0.2, 0.25) is 0 Å². The molecule has 0 aliphatic rings. The van der Waals surface area contributed by atoms with Crippen molar-refractivity contribution in [2.24, 2.45) is 0 Å². The van der Waals surface area contributed by atoms with Crippen molar-refractivity contribution in [3.05, 3.63) is 70.7 Å². The third-order valence-electron chi connectivity index (χ3n) is 4.55. The van der Waals surface area contributed by atoms with Gasteiger partial charge in [-0.1, -0.05) is 60.1 Å². The zero-order valence-corrected chi connectivity index (χ0v) is 17.0. The Balaban J connectivity index is 2.17. The molecule has 0 aromatic heterocycles. The van der Waals surface area contributed by atoms with E-state index in [-0.39, 0.29) is 23.7 Å². The van der Waals surface area contributed by atoms with Gasteiger partial charge in [0.15, 0.2) is 0 Å². The zero-order valence-electron chi connectivity index (χ0n) is 16.2. The Morgan fingerprint density at radius 2 is 1.54 bits per heavy atom. The summed E-state index contributed by atoms with van der Waals surface area (Å²) in [7, 11) is 0. The fourth-order valence-corrected chi connectivity index (χ4v) is 3.07. The van der Waals surface area contributed by atoms with Crippen LogP contribution in [0.5, 0.6) is 0 Å². The molecule has 2 aromatic carbocycles. The summed E-state index contributed by atoms with van der Waals surface area (Å²) in [5.41, 5.74) is 1.91. The predicted molar refractivity (Wildman–Crippen MR) is 111 cm³/mol. The molecule has 1 atom stereocenters. The molecule has 1 unspecified atom stereocenters. The molecule has 0 amide bonds. The van der Waals surface area contributed by atoms with Gasteiger partial charge in [-0.05, 0) is 51.3 Å². The standard InChI is InChI=1S/C22H31ClN2O/c1-21(2,15-24-22(3,4)16-26)25-20(17-10-6-5-7-11-17)14-18-12-8-9-13-19(18)23/h5-13,20,24-26H,14-16H2,1-4H3. The summed E-state index contributed by atoms with van der Waals surface area (Å²) in [5, 5.41) is 17.5. The fourth-order valence-electron chi connectivity index (χ4n) is 2.86. The van der Waals surface area contributed by atoms with Crippen LogP contribution in [0.1, 0.15) is 44.9 Å². The smallest absolute Gasteiger partial charge is 0.0607 e. The lowest BCUT2D eigenvalue weighted by molar-refractivity contribution is 0.174. The molecule has 142 valence electrons. The Labute approximate surface area is 162 Å². The van der Waals surface area contributed by atoms with Gasteiger partial charge in [0.1, 0.15) is 0 Å². The fraction of sp³-hybridized carbons (Fsp3) is 0.455. The number of rotatable bonds is 9. The van der Waals surface area contributed by atoms with Crippen molar-refractivity contribution in [1.82, 2.24) is 10.6 Å². The first-order valence-corrected chi connectivity index (χ1v) is 9.52. The van der Waals surface area contributed by atoms with Gasteiger partial charge in [-0.25, -0.2) is 0 Å². The van der Waals surface area contributed by atoms with E-state index in [4.69, 9.17) is 11.6 Å². The predicted octanol–water partition coefficient (Wildman–Crippen LogP) is 4.35. The maximum atomic E-state index is 9.48. The maximum Gasteiger partial charge on any atom is 0.0607 e. The van der Waals surface area contributed by atoms with Gasteiger partial charge >= 0.3 is 0 Å². The molecule has 2 aromatic rings. The van der Waals surface area contributed by atoms with Crippen molar-refractivity contribution >= 4 is 11.6 Å². The number of nitrogens with one attached hydrogen (secondary N) is 2. The van der Waals surface area contributed by atoms with Crippen molar-refractivity contribution in [2.45, 2.75) is 51.2 Å². The van der Waals surface area contributed by atoms with E-state index >= 15 is 0 Å². The molecule has 0 radical (unpaired) electrons. The van der Waals surface area contributed by atoms with Crippen LogP contribution in [0.15, 0.2) is 54.6 Å². The van der Waals surface area contributed by atoms with E-state index < -0.39 is 0 Å². The van der Waals surface area contributed by atoms with Gasteiger partial charge in [0, 0.05) is 28.7 Å². The van der Waals surface area contributed by atoms with Gasteiger partial charge in [-0.3, -0.25) is 0 Å². The molecule has 0 heterocycles. The third-order valence-corrected chi connectivity index (χ3v) is 4.92. The number of aliphatic hydroxyl groups excluding tert-OH is 1. The minimum absolute atomic E-state index is 0.102. The maximum absolute atomic E-state index is 9.48. The summed E-state index contributed by atoms with van der Waals surface area (Å²) in [6.45, 7) is 9.20. The molecule has 0 fully saturated rings. The van der Waals surface area contributed by atoms with E-state index in [9.17, 15) is 5.11 Å². The average molecular weight is 375 g/mol. The van der Waals surface area contributed by atoms with Crippen LogP contribution in [-0.2, 0) is 6.42 Å². The minimum atomic E-state index is -0.302. The van der Waals surface area contributed by atoms with Crippen molar-refractivity contribution in [1.29, 1.82) is 0 Å². The summed E-state index contributed by atoms with van der Waals surface area (Å²) in [5.74, 6) is 0. The zero-order chi connectivity index (χ0) is 19.2. The molecule has 26 heavy (non-hydrogen) atoms. The molecule has 0 bridgehead atoms. The second-order valence-electron chi connectivity index (χ2n) is 8.18. The molecule has 3 nitrogen and oxygen atoms in total. The van der Waals surface area contributed by atoms with Crippen molar-refractivity contribution in [3.8, 4) is 0 Å². The number of halogens is 1. The van der Waals surface area contributed by atoms with Crippen molar-refractivity contribution in [2.75, 3.05) is 13.2 Å². The highest BCUT2D eigenvalue weighted by Gasteiger charge is 2.26. The molecule has 0 saturated carbocycles. The number of hydrogen-bond donors (Lipinski definition) is 3. The summed E-state index contributed by atoms with van der Waals surface area (Å²) in [6.07, 6.45) is 0.816. The Kier molecular flexibility index (Phi) is 7.24. The highest BCUT2D eigenvalue weighted by Crippen LogP contribution is 2.25. The van der Waals surface area contributed by atoms with Crippen molar-refractivity contribution in [3.63, 3.8) is 0 Å². The average Bonchev–Trinajstić information content (AvgIpc) is 2.62. The van der Waals surface area contributed by atoms with Gasteiger partial charge in [0.05, 0.1) is 6.61 Å². The Morgan fingerprint density at radius 3 is 2.15 bits per heavy atom. The number of hydrogen-bond acceptors (Lipinski definition) is 3. The van der Waals surface area contributed by atoms with Crippen LogP contribution in [0.25, 0.3) is 0 Å². The van der Waals surface area contributed by atoms with Crippen LogP contribution in [0, 0.1) is 0 Å². The van der Waals surface area contributed by atoms with E-state index in [0.717, 1.165) is 23.6 Å². The highest BCUT2D eigenvalue weighted by atomic mass is 35.5. The van der Waals surface area contributed by atoms with Gasteiger partial charge in [0.25, 0.3) is 0 Å². The summed E-state index contributed by atoms with van der Waals surface area (Å²) < 4.78 is 0. The van der Waals surface area contributed by atoms with E-state index in [1.165, 1.54) is 5.56 Å². The van der Waals surface area contributed by atoms with Crippen molar-refractivity contribution < 1.29 is 5.11 Å². The van der Waals surface area contributed by atoms with E-state index in [0.29, 0.717) is 0 Å². The first-order chi connectivity index (χ1) is 12.2. The van der Waals surface area contributed by atoms with Crippen LogP contribution in [0.2, 0.25) is 5.02 Å². The van der Waals surface area contributed by atoms with Gasteiger partial charge < -0.3 is 15.7 Å². The number of aliphatic hydroxyl groups is 1. The van der Waals surface area contributed by atoms with E-state index in [2.05, 4.69) is 54.8 Å². The largest absolute Gasteiger partial charge is 0.394 e. The summed E-state index contributed by atoms with van der Waals surface area (Å²) >= 11 is 6.40. The Morgan fingerprint density at radius 1 is 0.923 bits per heavy atom. The van der Waals surface area contributed by atoms with Crippen LogP contribution >= 0.6 is 11.6 Å². The lowest BCUT2D eigenvalue weighted by atomic mass is 9.94. The molecule has 3 N–H and O–H groups in total. The molecular weight excluding hydrogens is 344 g/mol. The first kappa shape index (κ1) is 20.9. The van der Waals surface area contributed by atoms with Crippen LogP contribution in [0.4, 0.5) is 0 Å². The molecule has 2 rings (SSSR count). The molecule has 0 spiro atoms. The summed E-state index contributed by atoms with van der Waals surface area (Å²) in [6, 6.07) is 18.6. The lowest BCUT2D eigenvalue weighted by Gasteiger charge is -2.36. The highest BCUT2D eigenvalue weighted by molar-refractivity contribution is 6.31. The molecule has 0 saturated heterocycles. The first-order valence-electron chi connectivity index (χ1n) is 9.14. The SMILES string of the molecule is CC(C)(CO)NCC(C)(C)NC(Cc1ccccc1Cl)c1ccccc1. The van der Waals surface area contributed by atoms with Crippen LogP contribution < -0.4 is 10.6 Å². The second kappa shape index (κ2) is 9.01. The van der Waals surface area contributed by atoms with Gasteiger partial charge in [-0.15, -0.1) is 0 Å². The second-order valence-corrected chi connectivity index (χ2v) is 8.59. The lowest BCUT2D eigenvalue weighted by Crippen LogP contribution is -2.55. The van der Waals surface area contributed by atoms with Crippen LogP contribution in [0.3, 0.4) is 0 Å². The molecule has 4 heteroatoms. The summed E-state index contributed by atoms with van der Waals surface area (Å²) in [4.78, 5) is 0. The quantitative estimate of drug-likeness (QED) is 0.611. The topological polar surface area (TPSA) is 44.3 Å². The normalized spacial score (nSPS) is 13.6. The van der Waals surface area contributed by atoms with Gasteiger partial charge in [-0.2, -0.15) is 0 Å². The Bertz CT molecular complexity index is 686. The van der Waals surface area contributed by atoms with E-state index in [1.807, 2.05) is 38.1 Å².